The van der Waals surface area contributed by atoms with Gasteiger partial charge >= 0.3 is 0 Å². The van der Waals surface area contributed by atoms with Crippen LogP contribution in [0.4, 0.5) is 0 Å². The van der Waals surface area contributed by atoms with Crippen LogP contribution in [-0.2, 0) is 32.7 Å². The summed E-state index contributed by atoms with van der Waals surface area (Å²) in [5.74, 6) is 1.91. The molecule has 0 atom stereocenters. The minimum Gasteiger partial charge on any atom is -0.312 e. The van der Waals surface area contributed by atoms with E-state index in [0.717, 1.165) is 48.7 Å². The maximum Gasteiger partial charge on any atom is 0.156 e. The van der Waals surface area contributed by atoms with E-state index in [4.69, 9.17) is 10.1 Å². The molecule has 0 aliphatic carbocycles. The highest BCUT2D eigenvalue weighted by atomic mass is 15.4. The fraction of sp³-hybridized carbons (Fsp3) is 0.800. The molecule has 0 fully saturated rings. The summed E-state index contributed by atoms with van der Waals surface area (Å²) in [6.07, 6.45) is 7.54. The molecule has 218 valence electrons. The Kier molecular flexibility index (Phi) is 8.03. The van der Waals surface area contributed by atoms with Crippen molar-refractivity contribution in [3.63, 3.8) is 0 Å². The number of H-pyrrole nitrogens is 1. The van der Waals surface area contributed by atoms with Gasteiger partial charge in [0.1, 0.15) is 18.5 Å². The van der Waals surface area contributed by atoms with Gasteiger partial charge in [-0.3, -0.25) is 5.10 Å². The average molecular weight is 540 g/mol. The summed E-state index contributed by atoms with van der Waals surface area (Å²) in [7, 11) is 0. The van der Waals surface area contributed by atoms with Crippen molar-refractivity contribution < 1.29 is 0 Å². The van der Waals surface area contributed by atoms with Crippen molar-refractivity contribution in [3.8, 4) is 0 Å². The lowest BCUT2D eigenvalue weighted by molar-refractivity contribution is 0.245. The lowest BCUT2D eigenvalue weighted by atomic mass is 9.74. The third kappa shape index (κ3) is 6.77. The van der Waals surface area contributed by atoms with E-state index in [9.17, 15) is 0 Å². The second kappa shape index (κ2) is 10.1. The second-order valence-corrected chi connectivity index (χ2v) is 16.0. The fourth-order valence-corrected chi connectivity index (χ4v) is 4.98. The molecule has 9 heteroatoms. The van der Waals surface area contributed by atoms with Crippen LogP contribution in [0.15, 0.2) is 12.7 Å². The summed E-state index contributed by atoms with van der Waals surface area (Å²) < 4.78 is 4.25. The molecule has 9 nitrogen and oxygen atoms in total. The van der Waals surface area contributed by atoms with E-state index >= 15 is 0 Å². The topological polar surface area (TPSA) is 103 Å². The Labute approximate surface area is 236 Å². The molecular weight excluding hydrogens is 486 g/mol. The molecule has 0 aliphatic rings. The van der Waals surface area contributed by atoms with Crippen LogP contribution in [0.3, 0.4) is 0 Å². The number of aromatic nitrogens is 9. The van der Waals surface area contributed by atoms with Gasteiger partial charge in [0.05, 0.1) is 16.9 Å². The quantitative estimate of drug-likeness (QED) is 0.313. The number of aromatic amines is 1. The molecule has 0 radical (unpaired) electrons. The van der Waals surface area contributed by atoms with E-state index in [-0.39, 0.29) is 32.7 Å². The largest absolute Gasteiger partial charge is 0.312 e. The SMILES string of the molecule is CC(C)(C)c1[nH]nnc1C(C)(C)CCC(C)(C)c1ncn(C(C)(C)CCC(C)(C)c2nncn2C(C)(C)C)n1. The van der Waals surface area contributed by atoms with E-state index in [2.05, 4.69) is 132 Å². The Hall–Kier alpha value is -2.58. The molecule has 0 bridgehead atoms. The first-order chi connectivity index (χ1) is 17.6. The molecule has 1 N–H and O–H groups in total. The standard InChI is InChI=1S/C30H53N9/c1-25(2,3)21-22(34-37-33-21)27(7,8)15-16-28(9,10)23-31-19-39(36-23)30(13,14)18-17-29(11,12)24-35-32-20-38(24)26(4,5)6/h19-20H,15-18H2,1-14H3,(H,33,34,37). The molecule has 3 rings (SSSR count). The maximum atomic E-state index is 5.03. The molecule has 3 aromatic heterocycles. The van der Waals surface area contributed by atoms with Gasteiger partial charge in [0.2, 0.25) is 0 Å². The first kappa shape index (κ1) is 31.0. The van der Waals surface area contributed by atoms with E-state index in [1.807, 2.05) is 12.7 Å². The predicted molar refractivity (Wildman–Crippen MR) is 157 cm³/mol. The number of hydrogen-bond acceptors (Lipinski definition) is 6. The summed E-state index contributed by atoms with van der Waals surface area (Å²) in [6, 6.07) is 0. The molecule has 0 spiro atoms. The zero-order valence-electron chi connectivity index (χ0n) is 27.1. The number of rotatable bonds is 10. The molecule has 3 heterocycles. The lowest BCUT2D eigenvalue weighted by Gasteiger charge is -2.33. The average Bonchev–Trinajstić information content (AvgIpc) is 3.55. The number of nitrogens with one attached hydrogen (secondary N) is 1. The summed E-state index contributed by atoms with van der Waals surface area (Å²) >= 11 is 0. The van der Waals surface area contributed by atoms with Gasteiger partial charge in [0.15, 0.2) is 5.82 Å². The molecule has 0 saturated heterocycles. The van der Waals surface area contributed by atoms with Crippen LogP contribution >= 0.6 is 0 Å². The Morgan fingerprint density at radius 1 is 0.692 bits per heavy atom. The lowest BCUT2D eigenvalue weighted by Crippen LogP contribution is -2.34. The summed E-state index contributed by atoms with van der Waals surface area (Å²) in [6.45, 7) is 31.1. The van der Waals surface area contributed by atoms with Crippen molar-refractivity contribution in [1.29, 1.82) is 0 Å². The van der Waals surface area contributed by atoms with Gasteiger partial charge in [0.25, 0.3) is 0 Å². The molecule has 39 heavy (non-hydrogen) atoms. The van der Waals surface area contributed by atoms with Gasteiger partial charge in [-0.2, -0.15) is 5.10 Å². The van der Waals surface area contributed by atoms with Gasteiger partial charge in [-0.15, -0.1) is 15.3 Å². The van der Waals surface area contributed by atoms with Crippen molar-refractivity contribution >= 4 is 0 Å². The van der Waals surface area contributed by atoms with Gasteiger partial charge in [-0.05, 0) is 60.3 Å². The summed E-state index contributed by atoms with van der Waals surface area (Å²) in [5, 5.41) is 25.6. The third-order valence-electron chi connectivity index (χ3n) is 8.27. The van der Waals surface area contributed by atoms with Crippen LogP contribution < -0.4 is 0 Å². The fourth-order valence-electron chi connectivity index (χ4n) is 4.98. The Morgan fingerprint density at radius 3 is 1.87 bits per heavy atom. The van der Waals surface area contributed by atoms with Crippen LogP contribution in [0, 0.1) is 0 Å². The van der Waals surface area contributed by atoms with Crippen molar-refractivity contribution in [2.75, 3.05) is 0 Å². The second-order valence-electron chi connectivity index (χ2n) is 16.0. The number of hydrogen-bond donors (Lipinski definition) is 1. The third-order valence-corrected chi connectivity index (χ3v) is 8.27. The minimum absolute atomic E-state index is 0.0332. The molecule has 0 aromatic carbocycles. The highest BCUT2D eigenvalue weighted by molar-refractivity contribution is 5.25. The molecule has 0 amide bonds. The van der Waals surface area contributed by atoms with Gasteiger partial charge in [-0.1, -0.05) is 67.5 Å². The van der Waals surface area contributed by atoms with Crippen LogP contribution in [0.5, 0.6) is 0 Å². The van der Waals surface area contributed by atoms with Crippen LogP contribution in [-0.4, -0.2) is 44.9 Å². The maximum absolute atomic E-state index is 5.03. The zero-order valence-corrected chi connectivity index (χ0v) is 27.1. The van der Waals surface area contributed by atoms with Gasteiger partial charge < -0.3 is 4.57 Å². The van der Waals surface area contributed by atoms with Gasteiger partial charge in [0, 0.05) is 27.2 Å². The molecule has 0 aliphatic heterocycles. The van der Waals surface area contributed by atoms with Crippen molar-refractivity contribution in [3.05, 3.63) is 35.7 Å². The van der Waals surface area contributed by atoms with Crippen LogP contribution in [0.2, 0.25) is 0 Å². The van der Waals surface area contributed by atoms with Crippen LogP contribution in [0.25, 0.3) is 0 Å². The smallest absolute Gasteiger partial charge is 0.156 e. The van der Waals surface area contributed by atoms with Crippen LogP contribution in [0.1, 0.15) is 146 Å². The van der Waals surface area contributed by atoms with Crippen molar-refractivity contribution in [1.82, 2.24) is 44.9 Å². The normalized spacial score (nSPS) is 14.3. The van der Waals surface area contributed by atoms with E-state index in [1.54, 1.807) is 0 Å². The van der Waals surface area contributed by atoms with Crippen molar-refractivity contribution in [2.45, 2.75) is 155 Å². The van der Waals surface area contributed by atoms with E-state index in [0.29, 0.717) is 0 Å². The zero-order chi connectivity index (χ0) is 29.7. The predicted octanol–water partition coefficient (Wildman–Crippen LogP) is 6.57. The Bertz CT molecular complexity index is 1140. The Morgan fingerprint density at radius 2 is 1.28 bits per heavy atom. The molecule has 3 aromatic rings. The molecule has 0 unspecified atom stereocenters. The molecular formula is C30H53N9. The molecule has 0 saturated carbocycles. The Balaban J connectivity index is 1.71. The highest BCUT2D eigenvalue weighted by Gasteiger charge is 2.37. The first-order valence-corrected chi connectivity index (χ1v) is 14.3. The summed E-state index contributed by atoms with van der Waals surface area (Å²) in [5.41, 5.74) is 1.46. The van der Waals surface area contributed by atoms with Crippen molar-refractivity contribution in [2.24, 2.45) is 0 Å². The first-order valence-electron chi connectivity index (χ1n) is 14.3. The minimum atomic E-state index is -0.188. The monoisotopic (exact) mass is 539 g/mol. The summed E-state index contributed by atoms with van der Waals surface area (Å²) in [4.78, 5) is 4.81. The number of nitrogens with zero attached hydrogens (tertiary/aromatic N) is 8. The van der Waals surface area contributed by atoms with E-state index < -0.39 is 0 Å². The highest BCUT2D eigenvalue weighted by Crippen LogP contribution is 2.38. The van der Waals surface area contributed by atoms with E-state index in [1.165, 1.54) is 0 Å². The van der Waals surface area contributed by atoms with Gasteiger partial charge in [-0.25, -0.2) is 9.67 Å².